The van der Waals surface area contributed by atoms with Gasteiger partial charge < -0.3 is 14.1 Å². The zero-order chi connectivity index (χ0) is 28.7. The van der Waals surface area contributed by atoms with Gasteiger partial charge in [-0.2, -0.15) is 13.2 Å². The van der Waals surface area contributed by atoms with Crippen LogP contribution in [0.5, 0.6) is 5.75 Å². The highest BCUT2D eigenvalue weighted by molar-refractivity contribution is 5.86. The van der Waals surface area contributed by atoms with Crippen molar-refractivity contribution in [1.82, 2.24) is 9.80 Å². The molecule has 0 aliphatic carbocycles. The second-order valence-corrected chi connectivity index (χ2v) is 9.48. The molecule has 0 spiro atoms. The molecule has 0 N–H and O–H groups in total. The Balaban J connectivity index is 1.63. The zero-order valence-corrected chi connectivity index (χ0v) is 22.5. The largest absolute Gasteiger partial charge is 0.493 e. The molecule has 1 aromatic heterocycles. The van der Waals surface area contributed by atoms with Gasteiger partial charge in [0.25, 0.3) is 0 Å². The number of benzene rings is 2. The van der Waals surface area contributed by atoms with Gasteiger partial charge in [-0.05, 0) is 50.8 Å². The van der Waals surface area contributed by atoms with Crippen LogP contribution in [0.15, 0.2) is 51.7 Å². The molecule has 3 rings (SSSR count). The van der Waals surface area contributed by atoms with Gasteiger partial charge in [-0.3, -0.25) is 9.69 Å². The molecule has 0 radical (unpaired) electrons. The minimum atomic E-state index is -4.70. The van der Waals surface area contributed by atoms with Crippen LogP contribution in [-0.4, -0.2) is 42.4 Å². The highest BCUT2D eigenvalue weighted by Crippen LogP contribution is 2.37. The van der Waals surface area contributed by atoms with Crippen LogP contribution in [0.1, 0.15) is 61.4 Å². The van der Waals surface area contributed by atoms with E-state index >= 15 is 0 Å². The molecule has 7 nitrogen and oxygen atoms in total. The quantitative estimate of drug-likeness (QED) is 0.156. The third-order valence-electron chi connectivity index (χ3n) is 6.64. The highest BCUT2D eigenvalue weighted by Gasteiger charge is 2.34. The predicted molar refractivity (Wildman–Crippen MR) is 142 cm³/mol. The van der Waals surface area contributed by atoms with Crippen molar-refractivity contribution in [2.24, 2.45) is 0 Å². The fourth-order valence-electron chi connectivity index (χ4n) is 4.32. The SMILES string of the molecule is CCCc1c(OCCCCN(C=O)C(=O)N(C)C(C)c2ccc(C)cc2)ccc2c(C(F)(F)F)cc(=O)oc12. The van der Waals surface area contributed by atoms with E-state index in [1.54, 1.807) is 7.05 Å². The van der Waals surface area contributed by atoms with Crippen LogP contribution in [0.3, 0.4) is 0 Å². The standard InChI is InChI=1S/C29H33F3N2O5/c1-5-8-23-25(14-13-22-24(29(30,31)32)17-26(36)39-27(22)23)38-16-7-6-15-34(18-35)28(37)33(4)20(3)21-11-9-19(2)10-12-21/h9-14,17-18,20H,5-8,15-16H2,1-4H3. The number of hydrogen-bond acceptors (Lipinski definition) is 5. The zero-order valence-electron chi connectivity index (χ0n) is 22.5. The van der Waals surface area contributed by atoms with Crippen LogP contribution in [-0.2, 0) is 17.4 Å². The lowest BCUT2D eigenvalue weighted by molar-refractivity contribution is -0.136. The molecule has 0 fully saturated rings. The van der Waals surface area contributed by atoms with Crippen molar-refractivity contribution in [3.05, 3.63) is 75.1 Å². The fraction of sp³-hybridized carbons (Fsp3) is 0.414. The van der Waals surface area contributed by atoms with Crippen molar-refractivity contribution in [2.45, 2.75) is 58.7 Å². The number of amides is 3. The summed E-state index contributed by atoms with van der Waals surface area (Å²) in [5.74, 6) is 0.335. The van der Waals surface area contributed by atoms with Crippen molar-refractivity contribution in [3.63, 3.8) is 0 Å². The van der Waals surface area contributed by atoms with Crippen molar-refractivity contribution in [3.8, 4) is 5.75 Å². The first-order valence-corrected chi connectivity index (χ1v) is 12.8. The lowest BCUT2D eigenvalue weighted by Gasteiger charge is -2.29. The number of carbonyl (C=O) groups is 2. The number of urea groups is 1. The summed E-state index contributed by atoms with van der Waals surface area (Å²) in [6.07, 6.45) is -2.30. The Kier molecular flexibility index (Phi) is 9.77. The Morgan fingerprint density at radius 1 is 1.13 bits per heavy atom. The van der Waals surface area contributed by atoms with E-state index in [9.17, 15) is 27.6 Å². The minimum Gasteiger partial charge on any atom is -0.493 e. The molecule has 210 valence electrons. The molecule has 39 heavy (non-hydrogen) atoms. The summed E-state index contributed by atoms with van der Waals surface area (Å²) in [7, 11) is 1.64. The lowest BCUT2D eigenvalue weighted by atomic mass is 10.0. The van der Waals surface area contributed by atoms with Crippen molar-refractivity contribution in [1.29, 1.82) is 0 Å². The first-order valence-electron chi connectivity index (χ1n) is 12.8. The maximum Gasteiger partial charge on any atom is 0.417 e. The van der Waals surface area contributed by atoms with Crippen molar-refractivity contribution in [2.75, 3.05) is 20.2 Å². The topological polar surface area (TPSA) is 80.1 Å². The van der Waals surface area contributed by atoms with Gasteiger partial charge in [-0.15, -0.1) is 0 Å². The third-order valence-corrected chi connectivity index (χ3v) is 6.64. The van der Waals surface area contributed by atoms with Crippen molar-refractivity contribution >= 4 is 23.4 Å². The number of ether oxygens (including phenoxy) is 1. The Morgan fingerprint density at radius 3 is 2.44 bits per heavy atom. The Bertz CT molecular complexity index is 1350. The predicted octanol–water partition coefficient (Wildman–Crippen LogP) is 6.50. The molecule has 3 aromatic rings. The van der Waals surface area contributed by atoms with Crippen LogP contribution >= 0.6 is 0 Å². The number of nitrogens with zero attached hydrogens (tertiary/aromatic N) is 2. The summed E-state index contributed by atoms with van der Waals surface area (Å²) in [6, 6.07) is 10.3. The van der Waals surface area contributed by atoms with E-state index in [0.29, 0.717) is 49.5 Å². The maximum atomic E-state index is 13.5. The van der Waals surface area contributed by atoms with Crippen molar-refractivity contribution < 1.29 is 31.9 Å². The molecule has 0 saturated carbocycles. The minimum absolute atomic E-state index is 0.127. The number of aryl methyl sites for hydroxylation is 2. The van der Waals surface area contributed by atoms with E-state index in [1.807, 2.05) is 45.0 Å². The summed E-state index contributed by atoms with van der Waals surface area (Å²) in [5, 5.41) is -0.193. The molecule has 1 unspecified atom stereocenters. The van der Waals surface area contributed by atoms with Crippen LogP contribution in [0, 0.1) is 6.92 Å². The monoisotopic (exact) mass is 546 g/mol. The summed E-state index contributed by atoms with van der Waals surface area (Å²) in [4.78, 5) is 39.0. The number of imide groups is 1. The molecule has 0 saturated heterocycles. The molecule has 1 atom stereocenters. The normalized spacial score (nSPS) is 12.3. The number of halogens is 3. The molecule has 1 heterocycles. The van der Waals surface area contributed by atoms with Gasteiger partial charge in [0, 0.05) is 30.6 Å². The van der Waals surface area contributed by atoms with Gasteiger partial charge in [0.05, 0.1) is 18.2 Å². The number of fused-ring (bicyclic) bond motifs is 1. The fourth-order valence-corrected chi connectivity index (χ4v) is 4.32. The van der Waals surface area contributed by atoms with Crippen LogP contribution in [0.25, 0.3) is 11.0 Å². The third kappa shape index (κ3) is 7.19. The van der Waals surface area contributed by atoms with E-state index in [2.05, 4.69) is 0 Å². The number of unbranched alkanes of at least 4 members (excludes halogenated alkanes) is 1. The van der Waals surface area contributed by atoms with Gasteiger partial charge in [0.1, 0.15) is 11.3 Å². The molecular weight excluding hydrogens is 513 g/mol. The first-order chi connectivity index (χ1) is 18.5. The van der Waals surface area contributed by atoms with Gasteiger partial charge >= 0.3 is 17.8 Å². The number of rotatable bonds is 11. The number of carbonyl (C=O) groups excluding carboxylic acids is 2. The van der Waals surface area contributed by atoms with Gasteiger partial charge in [-0.25, -0.2) is 9.59 Å². The molecular formula is C29H33F3N2O5. The van der Waals surface area contributed by atoms with E-state index in [-0.39, 0.29) is 30.2 Å². The van der Waals surface area contributed by atoms with Gasteiger partial charge in [0.2, 0.25) is 6.41 Å². The molecule has 2 aromatic carbocycles. The van der Waals surface area contributed by atoms with E-state index in [0.717, 1.165) is 16.0 Å². The average molecular weight is 547 g/mol. The smallest absolute Gasteiger partial charge is 0.417 e. The van der Waals surface area contributed by atoms with E-state index in [4.69, 9.17) is 9.15 Å². The summed E-state index contributed by atoms with van der Waals surface area (Å²) in [6.45, 7) is 6.10. The second-order valence-electron chi connectivity index (χ2n) is 9.48. The molecule has 0 bridgehead atoms. The molecule has 10 heteroatoms. The molecule has 0 aliphatic rings. The number of hydrogen-bond donors (Lipinski definition) is 0. The second kappa shape index (κ2) is 12.8. The van der Waals surface area contributed by atoms with Crippen LogP contribution in [0.2, 0.25) is 0 Å². The van der Waals surface area contributed by atoms with Gasteiger partial charge in [-0.1, -0.05) is 43.2 Å². The first kappa shape index (κ1) is 29.7. The molecule has 0 aliphatic heterocycles. The Labute approximate surface area is 225 Å². The van der Waals surface area contributed by atoms with Crippen LogP contribution in [0.4, 0.5) is 18.0 Å². The molecule has 3 amide bonds. The van der Waals surface area contributed by atoms with E-state index in [1.165, 1.54) is 17.0 Å². The average Bonchev–Trinajstić information content (AvgIpc) is 2.90. The van der Waals surface area contributed by atoms with Crippen LogP contribution < -0.4 is 10.4 Å². The Morgan fingerprint density at radius 2 is 1.82 bits per heavy atom. The number of alkyl halides is 3. The summed E-state index contributed by atoms with van der Waals surface area (Å²) < 4.78 is 51.5. The summed E-state index contributed by atoms with van der Waals surface area (Å²) in [5.41, 5.74) is 0.208. The summed E-state index contributed by atoms with van der Waals surface area (Å²) >= 11 is 0. The highest BCUT2D eigenvalue weighted by atomic mass is 19.4. The van der Waals surface area contributed by atoms with E-state index < -0.39 is 23.4 Å². The van der Waals surface area contributed by atoms with Gasteiger partial charge in [0.15, 0.2) is 0 Å². The lowest BCUT2D eigenvalue weighted by Crippen LogP contribution is -2.42. The maximum absolute atomic E-state index is 13.5. The Hall–Kier alpha value is -3.82.